The van der Waals surface area contributed by atoms with Crippen molar-refractivity contribution in [3.05, 3.63) is 41.9 Å². The normalized spacial score (nSPS) is 11.1. The number of nitrogens with zero attached hydrogens (tertiary/aromatic N) is 1. The van der Waals surface area contributed by atoms with E-state index in [0.29, 0.717) is 0 Å². The van der Waals surface area contributed by atoms with E-state index in [1.165, 1.54) is 0 Å². The lowest BCUT2D eigenvalue weighted by Gasteiger charge is -1.90. The second-order valence-electron chi connectivity index (χ2n) is 3.93. The largest absolute Gasteiger partial charge is 0.466 e. The van der Waals surface area contributed by atoms with Crippen LogP contribution in [0.4, 0.5) is 0 Å². The van der Waals surface area contributed by atoms with Gasteiger partial charge in [0.1, 0.15) is 17.3 Å². The van der Waals surface area contributed by atoms with Crippen molar-refractivity contribution in [1.29, 1.82) is 0 Å². The predicted octanol–water partition coefficient (Wildman–Crippen LogP) is 3.44. The van der Waals surface area contributed by atoms with Crippen molar-refractivity contribution in [2.75, 3.05) is 0 Å². The van der Waals surface area contributed by atoms with E-state index in [-0.39, 0.29) is 0 Å². The molecule has 3 nitrogen and oxygen atoms in total. The molecule has 2 aromatic heterocycles. The first-order valence-electron chi connectivity index (χ1n) is 5.26. The number of para-hydroxylation sites is 2. The highest BCUT2D eigenvalue weighted by molar-refractivity contribution is 5.79. The van der Waals surface area contributed by atoms with Crippen LogP contribution in [-0.2, 0) is 0 Å². The second-order valence-corrected chi connectivity index (χ2v) is 3.93. The quantitative estimate of drug-likeness (QED) is 0.671. The van der Waals surface area contributed by atoms with E-state index in [0.717, 1.165) is 33.9 Å². The SMILES string of the molecule is Cc1cc(-c2nc3ccccc3[nH]2)c(C)o1. The number of benzene rings is 1. The van der Waals surface area contributed by atoms with Crippen LogP contribution in [0.3, 0.4) is 0 Å². The van der Waals surface area contributed by atoms with Gasteiger partial charge in [-0.3, -0.25) is 0 Å². The first-order valence-corrected chi connectivity index (χ1v) is 5.26. The molecule has 0 aliphatic carbocycles. The summed E-state index contributed by atoms with van der Waals surface area (Å²) in [5.74, 6) is 2.68. The van der Waals surface area contributed by atoms with Gasteiger partial charge in [0.25, 0.3) is 0 Å². The highest BCUT2D eigenvalue weighted by atomic mass is 16.3. The molecule has 0 aliphatic heterocycles. The summed E-state index contributed by atoms with van der Waals surface area (Å²) >= 11 is 0. The number of nitrogens with one attached hydrogen (secondary N) is 1. The summed E-state index contributed by atoms with van der Waals surface area (Å²) in [5.41, 5.74) is 3.07. The average Bonchev–Trinajstić information content (AvgIpc) is 2.81. The van der Waals surface area contributed by atoms with Gasteiger partial charge in [-0.1, -0.05) is 12.1 Å². The Morgan fingerprint density at radius 3 is 2.69 bits per heavy atom. The van der Waals surface area contributed by atoms with Gasteiger partial charge in [0.2, 0.25) is 0 Å². The molecule has 3 heteroatoms. The molecule has 80 valence electrons. The Morgan fingerprint density at radius 1 is 1.19 bits per heavy atom. The van der Waals surface area contributed by atoms with Crippen LogP contribution in [0.5, 0.6) is 0 Å². The molecule has 1 aromatic carbocycles. The third kappa shape index (κ3) is 1.33. The van der Waals surface area contributed by atoms with Crippen molar-refractivity contribution in [2.24, 2.45) is 0 Å². The number of H-pyrrole nitrogens is 1. The third-order valence-electron chi connectivity index (χ3n) is 2.69. The van der Waals surface area contributed by atoms with E-state index in [2.05, 4.69) is 9.97 Å². The highest BCUT2D eigenvalue weighted by Crippen LogP contribution is 2.25. The van der Waals surface area contributed by atoms with E-state index in [4.69, 9.17) is 4.42 Å². The first-order chi connectivity index (χ1) is 7.74. The van der Waals surface area contributed by atoms with E-state index in [9.17, 15) is 0 Å². The van der Waals surface area contributed by atoms with E-state index < -0.39 is 0 Å². The smallest absolute Gasteiger partial charge is 0.142 e. The maximum Gasteiger partial charge on any atom is 0.142 e. The average molecular weight is 212 g/mol. The van der Waals surface area contributed by atoms with Gasteiger partial charge in [-0.05, 0) is 32.0 Å². The van der Waals surface area contributed by atoms with Crippen molar-refractivity contribution in [2.45, 2.75) is 13.8 Å². The fourth-order valence-corrected chi connectivity index (χ4v) is 1.95. The van der Waals surface area contributed by atoms with Crippen LogP contribution < -0.4 is 0 Å². The Bertz CT molecular complexity index is 616. The molecule has 0 spiro atoms. The number of aryl methyl sites for hydroxylation is 2. The molecule has 3 aromatic rings. The van der Waals surface area contributed by atoms with Crippen molar-refractivity contribution >= 4 is 11.0 Å². The minimum atomic E-state index is 0.871. The second kappa shape index (κ2) is 3.23. The predicted molar refractivity (Wildman–Crippen MR) is 63.3 cm³/mol. The zero-order valence-electron chi connectivity index (χ0n) is 9.24. The molecule has 0 saturated heterocycles. The van der Waals surface area contributed by atoms with Gasteiger partial charge in [0, 0.05) is 0 Å². The minimum absolute atomic E-state index is 0.871. The molecule has 0 aliphatic rings. The molecule has 3 rings (SSSR count). The topological polar surface area (TPSA) is 41.8 Å². The summed E-state index contributed by atoms with van der Waals surface area (Å²) in [6.07, 6.45) is 0. The summed E-state index contributed by atoms with van der Waals surface area (Å²) in [6, 6.07) is 10.0. The Kier molecular flexibility index (Phi) is 1.86. The molecule has 16 heavy (non-hydrogen) atoms. The number of hydrogen-bond acceptors (Lipinski definition) is 2. The van der Waals surface area contributed by atoms with Crippen molar-refractivity contribution in [3.63, 3.8) is 0 Å². The van der Waals surface area contributed by atoms with Gasteiger partial charge in [-0.2, -0.15) is 0 Å². The molecule has 1 N–H and O–H groups in total. The standard InChI is InChI=1S/C13H12N2O/c1-8-7-10(9(2)16-8)13-14-11-5-3-4-6-12(11)15-13/h3-7H,1-2H3,(H,14,15). The molecule has 0 bridgehead atoms. The van der Waals surface area contributed by atoms with Gasteiger partial charge in [-0.25, -0.2) is 4.98 Å². The lowest BCUT2D eigenvalue weighted by molar-refractivity contribution is 0.505. The van der Waals surface area contributed by atoms with Crippen molar-refractivity contribution in [1.82, 2.24) is 9.97 Å². The number of imidazole rings is 1. The van der Waals surface area contributed by atoms with Gasteiger partial charge in [0.05, 0.1) is 16.6 Å². The number of furan rings is 1. The molecule has 0 radical (unpaired) electrons. The summed E-state index contributed by atoms with van der Waals surface area (Å²) < 4.78 is 5.50. The Morgan fingerprint density at radius 2 is 2.00 bits per heavy atom. The number of hydrogen-bond donors (Lipinski definition) is 1. The monoisotopic (exact) mass is 212 g/mol. The lowest BCUT2D eigenvalue weighted by Crippen LogP contribution is -1.78. The van der Waals surface area contributed by atoms with Crippen LogP contribution >= 0.6 is 0 Å². The number of fused-ring (bicyclic) bond motifs is 1. The highest BCUT2D eigenvalue weighted by Gasteiger charge is 2.11. The van der Waals surface area contributed by atoms with Crippen LogP contribution in [0.1, 0.15) is 11.5 Å². The van der Waals surface area contributed by atoms with Crippen LogP contribution in [-0.4, -0.2) is 9.97 Å². The zero-order valence-corrected chi connectivity index (χ0v) is 9.24. The van der Waals surface area contributed by atoms with Gasteiger partial charge in [0.15, 0.2) is 0 Å². The summed E-state index contributed by atoms with van der Waals surface area (Å²) in [6.45, 7) is 3.90. The summed E-state index contributed by atoms with van der Waals surface area (Å²) in [5, 5.41) is 0. The van der Waals surface area contributed by atoms with E-state index in [1.54, 1.807) is 0 Å². The molecule has 2 heterocycles. The van der Waals surface area contributed by atoms with Crippen LogP contribution in [0.25, 0.3) is 22.4 Å². The number of aromatic amines is 1. The van der Waals surface area contributed by atoms with Crippen LogP contribution in [0.2, 0.25) is 0 Å². The molecular weight excluding hydrogens is 200 g/mol. The van der Waals surface area contributed by atoms with E-state index >= 15 is 0 Å². The maximum absolute atomic E-state index is 5.50. The molecular formula is C13H12N2O. The maximum atomic E-state index is 5.50. The fraction of sp³-hybridized carbons (Fsp3) is 0.154. The minimum Gasteiger partial charge on any atom is -0.466 e. The van der Waals surface area contributed by atoms with Gasteiger partial charge < -0.3 is 9.40 Å². The first kappa shape index (κ1) is 9.21. The lowest BCUT2D eigenvalue weighted by atomic mass is 10.2. The molecule has 0 fully saturated rings. The van der Waals surface area contributed by atoms with Gasteiger partial charge in [-0.15, -0.1) is 0 Å². The molecule has 0 atom stereocenters. The fourth-order valence-electron chi connectivity index (χ4n) is 1.95. The summed E-state index contributed by atoms with van der Waals surface area (Å²) in [4.78, 5) is 7.84. The van der Waals surface area contributed by atoms with Crippen LogP contribution in [0, 0.1) is 13.8 Å². The van der Waals surface area contributed by atoms with Crippen molar-refractivity contribution in [3.8, 4) is 11.4 Å². The molecule has 0 saturated carbocycles. The Hall–Kier alpha value is -2.03. The van der Waals surface area contributed by atoms with Gasteiger partial charge >= 0.3 is 0 Å². The molecule has 0 amide bonds. The summed E-state index contributed by atoms with van der Waals surface area (Å²) in [7, 11) is 0. The number of rotatable bonds is 1. The van der Waals surface area contributed by atoms with Crippen LogP contribution in [0.15, 0.2) is 34.7 Å². The zero-order chi connectivity index (χ0) is 11.1. The Labute approximate surface area is 93.1 Å². The number of aromatic nitrogens is 2. The van der Waals surface area contributed by atoms with Crippen molar-refractivity contribution < 1.29 is 4.42 Å². The van der Waals surface area contributed by atoms with E-state index in [1.807, 2.05) is 44.2 Å². The Balaban J connectivity index is 2.22. The molecule has 0 unspecified atom stereocenters. The third-order valence-corrected chi connectivity index (χ3v) is 2.69.